The van der Waals surface area contributed by atoms with E-state index >= 15 is 0 Å². The van der Waals surface area contributed by atoms with E-state index < -0.39 is 0 Å². The Labute approximate surface area is 158 Å². The van der Waals surface area contributed by atoms with Gasteiger partial charge in [-0.1, -0.05) is 39.8 Å². The van der Waals surface area contributed by atoms with Crippen LogP contribution in [0.4, 0.5) is 0 Å². The lowest BCUT2D eigenvalue weighted by Gasteiger charge is -2.09. The second-order valence-corrected chi connectivity index (χ2v) is 7.00. The molecule has 3 rings (SSSR count). The van der Waals surface area contributed by atoms with Crippen LogP contribution in [0.5, 0.6) is 17.2 Å². The van der Waals surface area contributed by atoms with Gasteiger partial charge in [0.25, 0.3) is 0 Å². The summed E-state index contributed by atoms with van der Waals surface area (Å²) >= 11 is 4.86. The number of rotatable bonds is 5. The van der Waals surface area contributed by atoms with Gasteiger partial charge in [0.1, 0.15) is 23.3 Å². The molecule has 2 aromatic carbocycles. The monoisotopic (exact) mass is 412 g/mol. The Balaban J connectivity index is 1.88. The molecule has 0 atom stereocenters. The second-order valence-electron chi connectivity index (χ2n) is 4.97. The molecule has 0 aliphatic heterocycles. The van der Waals surface area contributed by atoms with Crippen molar-refractivity contribution in [1.29, 1.82) is 5.26 Å². The summed E-state index contributed by atoms with van der Waals surface area (Å²) in [5.74, 6) is 2.03. The first kappa shape index (κ1) is 17.3. The van der Waals surface area contributed by atoms with E-state index in [-0.39, 0.29) is 0 Å². The van der Waals surface area contributed by atoms with E-state index in [0.29, 0.717) is 17.2 Å². The van der Waals surface area contributed by atoms with Gasteiger partial charge in [0.2, 0.25) is 0 Å². The van der Waals surface area contributed by atoms with Crippen LogP contribution >= 0.6 is 27.7 Å². The van der Waals surface area contributed by atoms with Gasteiger partial charge in [0.15, 0.2) is 5.69 Å². The summed E-state index contributed by atoms with van der Waals surface area (Å²) in [4.78, 5) is 5.89. The molecule has 0 unspecified atom stereocenters. The number of pyridine rings is 1. The van der Waals surface area contributed by atoms with Crippen molar-refractivity contribution in [3.05, 3.63) is 71.0 Å². The number of halogens is 1. The number of nitriles is 1. The Kier molecular flexibility index (Phi) is 5.59. The first-order chi connectivity index (χ1) is 12.2. The van der Waals surface area contributed by atoms with Crippen LogP contribution in [-0.2, 0) is 0 Å². The van der Waals surface area contributed by atoms with Crippen molar-refractivity contribution in [1.82, 2.24) is 4.98 Å². The zero-order valence-corrected chi connectivity index (χ0v) is 15.7. The molecular formula is C19H13BrN2O2S. The average Bonchev–Trinajstić information content (AvgIpc) is 2.62. The molecule has 124 valence electrons. The van der Waals surface area contributed by atoms with Gasteiger partial charge in [-0.2, -0.15) is 5.26 Å². The van der Waals surface area contributed by atoms with Gasteiger partial charge in [-0.3, -0.25) is 0 Å². The first-order valence-corrected chi connectivity index (χ1v) is 8.94. The molecule has 6 heteroatoms. The minimum absolute atomic E-state index is 0.356. The molecule has 0 aliphatic rings. The Morgan fingerprint density at radius 1 is 1.04 bits per heavy atom. The van der Waals surface area contributed by atoms with Crippen molar-refractivity contribution in [2.24, 2.45) is 0 Å². The van der Waals surface area contributed by atoms with Crippen molar-refractivity contribution < 1.29 is 9.47 Å². The summed E-state index contributed by atoms with van der Waals surface area (Å²) < 4.78 is 12.0. The molecule has 0 N–H and O–H groups in total. The maximum absolute atomic E-state index is 9.32. The van der Waals surface area contributed by atoms with E-state index in [1.54, 1.807) is 13.3 Å². The molecule has 0 radical (unpaired) electrons. The zero-order chi connectivity index (χ0) is 17.6. The van der Waals surface area contributed by atoms with Crippen LogP contribution < -0.4 is 9.47 Å². The Hall–Kier alpha value is -2.49. The molecule has 3 aromatic rings. The van der Waals surface area contributed by atoms with Gasteiger partial charge in [-0.25, -0.2) is 4.98 Å². The lowest BCUT2D eigenvalue weighted by atomic mass is 10.3. The van der Waals surface area contributed by atoms with Crippen LogP contribution in [-0.4, -0.2) is 12.1 Å². The van der Waals surface area contributed by atoms with Crippen molar-refractivity contribution >= 4 is 27.7 Å². The zero-order valence-electron chi connectivity index (χ0n) is 13.3. The number of hydrogen-bond donors (Lipinski definition) is 0. The smallest absolute Gasteiger partial charge is 0.154 e. The number of hydrogen-bond acceptors (Lipinski definition) is 5. The SMILES string of the molecule is COc1cccc(Sc2cc(Oc3cccc(Br)c3)cnc2C#N)c1. The predicted octanol–water partition coefficient (Wildman–Crippen LogP) is 5.67. The van der Waals surface area contributed by atoms with Crippen LogP contribution in [0.1, 0.15) is 5.69 Å². The third-order valence-electron chi connectivity index (χ3n) is 3.23. The Morgan fingerprint density at radius 3 is 2.60 bits per heavy atom. The predicted molar refractivity (Wildman–Crippen MR) is 100 cm³/mol. The van der Waals surface area contributed by atoms with E-state index in [0.717, 1.165) is 20.0 Å². The quantitative estimate of drug-likeness (QED) is 0.540. The molecule has 0 saturated carbocycles. The number of benzene rings is 2. The fourth-order valence-electron chi connectivity index (χ4n) is 2.10. The van der Waals surface area contributed by atoms with Crippen molar-refractivity contribution in [2.45, 2.75) is 9.79 Å². The highest BCUT2D eigenvalue weighted by molar-refractivity contribution is 9.10. The molecule has 0 saturated heterocycles. The highest BCUT2D eigenvalue weighted by Gasteiger charge is 2.10. The van der Waals surface area contributed by atoms with Crippen LogP contribution in [0.15, 0.2) is 75.1 Å². The molecule has 1 heterocycles. The Morgan fingerprint density at radius 2 is 1.84 bits per heavy atom. The van der Waals surface area contributed by atoms with Crippen LogP contribution in [0.25, 0.3) is 0 Å². The topological polar surface area (TPSA) is 55.1 Å². The molecule has 0 spiro atoms. The van der Waals surface area contributed by atoms with Gasteiger partial charge >= 0.3 is 0 Å². The third kappa shape index (κ3) is 4.53. The lowest BCUT2D eigenvalue weighted by molar-refractivity contribution is 0.413. The average molecular weight is 413 g/mol. The molecule has 1 aromatic heterocycles. The fourth-order valence-corrected chi connectivity index (χ4v) is 3.43. The summed E-state index contributed by atoms with van der Waals surface area (Å²) in [5, 5.41) is 9.32. The molecule has 25 heavy (non-hydrogen) atoms. The number of nitrogens with zero attached hydrogens (tertiary/aromatic N) is 2. The van der Waals surface area contributed by atoms with Gasteiger partial charge in [-0.15, -0.1) is 0 Å². The largest absolute Gasteiger partial charge is 0.497 e. The van der Waals surface area contributed by atoms with Crippen LogP contribution in [0.3, 0.4) is 0 Å². The molecule has 0 bridgehead atoms. The normalized spacial score (nSPS) is 10.1. The highest BCUT2D eigenvalue weighted by Crippen LogP contribution is 2.34. The molecular weight excluding hydrogens is 400 g/mol. The highest BCUT2D eigenvalue weighted by atomic mass is 79.9. The van der Waals surface area contributed by atoms with E-state index in [4.69, 9.17) is 9.47 Å². The number of ether oxygens (including phenoxy) is 2. The van der Waals surface area contributed by atoms with Crippen LogP contribution in [0.2, 0.25) is 0 Å². The summed E-state index contributed by atoms with van der Waals surface area (Å²) in [6.45, 7) is 0. The Bertz CT molecular complexity index is 941. The van der Waals surface area contributed by atoms with Crippen molar-refractivity contribution in [3.8, 4) is 23.3 Å². The van der Waals surface area contributed by atoms with E-state index in [9.17, 15) is 5.26 Å². The molecule has 0 fully saturated rings. The van der Waals surface area contributed by atoms with Gasteiger partial charge in [0, 0.05) is 9.37 Å². The minimum atomic E-state index is 0.356. The number of aromatic nitrogens is 1. The maximum atomic E-state index is 9.32. The minimum Gasteiger partial charge on any atom is -0.497 e. The summed E-state index contributed by atoms with van der Waals surface area (Å²) in [6, 6.07) is 19.1. The van der Waals surface area contributed by atoms with Gasteiger partial charge < -0.3 is 9.47 Å². The standard InChI is InChI=1S/C19H13BrN2O2S/c1-23-14-5-3-7-17(9-14)25-19-10-16(12-22-18(19)11-21)24-15-6-2-4-13(20)8-15/h2-10,12H,1H3. The number of methoxy groups -OCH3 is 1. The molecule has 4 nitrogen and oxygen atoms in total. The lowest BCUT2D eigenvalue weighted by Crippen LogP contribution is -1.91. The van der Waals surface area contributed by atoms with Crippen molar-refractivity contribution in [2.75, 3.05) is 7.11 Å². The van der Waals surface area contributed by atoms with Crippen LogP contribution in [0, 0.1) is 11.3 Å². The summed E-state index contributed by atoms with van der Waals surface area (Å²) in [7, 11) is 1.62. The molecule has 0 amide bonds. The summed E-state index contributed by atoms with van der Waals surface area (Å²) in [6.07, 6.45) is 1.55. The second kappa shape index (κ2) is 8.06. The maximum Gasteiger partial charge on any atom is 0.154 e. The van der Waals surface area contributed by atoms with E-state index in [2.05, 4.69) is 27.0 Å². The fraction of sp³-hybridized carbons (Fsp3) is 0.0526. The molecule has 0 aliphatic carbocycles. The third-order valence-corrected chi connectivity index (χ3v) is 4.75. The van der Waals surface area contributed by atoms with E-state index in [1.165, 1.54) is 11.8 Å². The van der Waals surface area contributed by atoms with Gasteiger partial charge in [-0.05, 0) is 42.5 Å². The van der Waals surface area contributed by atoms with E-state index in [1.807, 2.05) is 54.6 Å². The van der Waals surface area contributed by atoms with Gasteiger partial charge in [0.05, 0.1) is 18.2 Å². The summed E-state index contributed by atoms with van der Waals surface area (Å²) in [5.41, 5.74) is 0.356. The first-order valence-electron chi connectivity index (χ1n) is 7.33. The van der Waals surface area contributed by atoms with Crippen molar-refractivity contribution in [3.63, 3.8) is 0 Å².